The normalized spacial score (nSPS) is 20.3. The van der Waals surface area contributed by atoms with E-state index in [0.717, 1.165) is 21.5 Å². The maximum atomic E-state index is 13.3. The van der Waals surface area contributed by atoms with E-state index in [-0.39, 0.29) is 35.1 Å². The van der Waals surface area contributed by atoms with Gasteiger partial charge >= 0.3 is 5.97 Å². The predicted octanol–water partition coefficient (Wildman–Crippen LogP) is 0.885. The van der Waals surface area contributed by atoms with Crippen molar-refractivity contribution in [1.82, 2.24) is 30.4 Å². The molecular formula is C22H19N7O7S3. The molecule has 3 aromatic rings. The summed E-state index contributed by atoms with van der Waals surface area (Å²) in [5.74, 6) is -1.94. The van der Waals surface area contributed by atoms with Crippen LogP contribution in [0.3, 0.4) is 0 Å². The standard InChI is InChI=1S/C22H19N7O7S3/c1-27-22(24-25-26-27)38-15-11-39(35)20-17(23-16(30)9-14-3-2-8-37-14)19(31)28(20)18(15)21(32)36-10-12-4-6-13(7-5-12)29(33)34/h2-8,17,20H,9-11H2,1H3,(H,23,30)/t17?,20-,39?/m0/s1. The number of ether oxygens (including phenoxy) is 1. The number of carbonyl (C=O) groups excluding carboxylic acids is 3. The Bertz CT molecular complexity index is 1460. The van der Waals surface area contributed by atoms with Crippen LogP contribution in [0.5, 0.6) is 0 Å². The van der Waals surface area contributed by atoms with Gasteiger partial charge in [-0.1, -0.05) is 6.07 Å². The number of nitrogens with one attached hydrogen (secondary N) is 1. The van der Waals surface area contributed by atoms with Gasteiger partial charge in [-0.3, -0.25) is 24.6 Å². The van der Waals surface area contributed by atoms with Crippen molar-refractivity contribution in [3.8, 4) is 0 Å². The number of fused-ring (bicyclic) bond motifs is 1. The fraction of sp³-hybridized carbons (Fsp3) is 0.273. The Balaban J connectivity index is 1.37. The topological polar surface area (TPSA) is 186 Å². The van der Waals surface area contributed by atoms with Crippen LogP contribution in [-0.2, 0) is 50.4 Å². The molecule has 1 saturated heterocycles. The van der Waals surface area contributed by atoms with Crippen molar-refractivity contribution in [1.29, 1.82) is 0 Å². The summed E-state index contributed by atoms with van der Waals surface area (Å²) in [4.78, 5) is 51.6. The zero-order chi connectivity index (χ0) is 27.7. The highest BCUT2D eigenvalue weighted by molar-refractivity contribution is 8.04. The Hall–Kier alpha value is -3.80. The Kier molecular flexibility index (Phi) is 7.65. The summed E-state index contributed by atoms with van der Waals surface area (Å²) in [6.45, 7) is -0.222. The second kappa shape index (κ2) is 11.1. The SMILES string of the molecule is Cn1nnnc1SC1=C(C(=O)OCc2ccc([N+](=O)[O-])cc2)N2C(=O)C(NC(=O)Cc3cccs3)[C@@H]2[S+]([O-])C1. The first-order chi connectivity index (χ1) is 18.7. The molecule has 14 nitrogen and oxygen atoms in total. The fourth-order valence-corrected chi connectivity index (χ4v) is 7.49. The third kappa shape index (κ3) is 5.51. The smallest absolute Gasteiger partial charge is 0.356 e. The van der Waals surface area contributed by atoms with Crippen molar-refractivity contribution in [2.24, 2.45) is 7.05 Å². The van der Waals surface area contributed by atoms with Crippen molar-refractivity contribution in [3.63, 3.8) is 0 Å². The van der Waals surface area contributed by atoms with Crippen LogP contribution < -0.4 is 5.32 Å². The van der Waals surface area contributed by atoms with E-state index in [4.69, 9.17) is 4.74 Å². The van der Waals surface area contributed by atoms with Crippen LogP contribution in [0.4, 0.5) is 5.69 Å². The molecule has 0 spiro atoms. The number of tetrazole rings is 1. The summed E-state index contributed by atoms with van der Waals surface area (Å²) < 4.78 is 20.0. The molecule has 1 fully saturated rings. The van der Waals surface area contributed by atoms with Crippen molar-refractivity contribution < 1.29 is 28.6 Å². The van der Waals surface area contributed by atoms with Crippen molar-refractivity contribution in [3.05, 3.63) is 72.9 Å². The average molecular weight is 590 g/mol. The monoisotopic (exact) mass is 589 g/mol. The number of nitro groups is 1. The Labute approximate surface area is 231 Å². The minimum Gasteiger partial charge on any atom is -0.614 e. The summed E-state index contributed by atoms with van der Waals surface area (Å²) >= 11 is 0.733. The number of rotatable bonds is 9. The number of carbonyl (C=O) groups is 3. The molecule has 17 heteroatoms. The number of non-ortho nitro benzene ring substituents is 1. The summed E-state index contributed by atoms with van der Waals surface area (Å²) in [6.07, 6.45) is 0.0705. The number of β-lactam (4-membered cyclic amide) rings is 1. The Morgan fingerprint density at radius 1 is 1.31 bits per heavy atom. The Morgan fingerprint density at radius 3 is 2.72 bits per heavy atom. The quantitative estimate of drug-likeness (QED) is 0.123. The number of aryl methyl sites for hydroxylation is 1. The van der Waals surface area contributed by atoms with Crippen LogP contribution in [-0.4, -0.2) is 69.5 Å². The van der Waals surface area contributed by atoms with Crippen molar-refractivity contribution in [2.75, 3.05) is 5.75 Å². The van der Waals surface area contributed by atoms with Gasteiger partial charge in [-0.2, -0.15) is 0 Å². The van der Waals surface area contributed by atoms with Gasteiger partial charge in [0.15, 0.2) is 6.04 Å². The Morgan fingerprint density at radius 2 is 2.08 bits per heavy atom. The number of thioether (sulfide) groups is 1. The first kappa shape index (κ1) is 26.8. The highest BCUT2D eigenvalue weighted by atomic mass is 32.2. The van der Waals surface area contributed by atoms with Gasteiger partial charge in [-0.15, -0.1) is 16.4 Å². The van der Waals surface area contributed by atoms with E-state index in [9.17, 15) is 29.1 Å². The minimum atomic E-state index is -1.65. The molecule has 5 rings (SSSR count). The third-order valence-corrected chi connectivity index (χ3v) is 9.59. The number of nitro benzene ring substituents is 1. The van der Waals surface area contributed by atoms with Gasteiger partial charge in [-0.05, 0) is 62.5 Å². The molecule has 2 aliphatic rings. The van der Waals surface area contributed by atoms with E-state index < -0.39 is 45.3 Å². The van der Waals surface area contributed by atoms with Crippen molar-refractivity contribution >= 4 is 57.7 Å². The lowest BCUT2D eigenvalue weighted by molar-refractivity contribution is -0.384. The zero-order valence-corrected chi connectivity index (χ0v) is 22.5. The van der Waals surface area contributed by atoms with Gasteiger partial charge in [-0.25, -0.2) is 9.48 Å². The lowest BCUT2D eigenvalue weighted by Gasteiger charge is -2.49. The number of thiophene rings is 1. The lowest BCUT2D eigenvalue weighted by Crippen LogP contribution is -2.74. The second-order valence-corrected chi connectivity index (χ2v) is 12.0. The summed E-state index contributed by atoms with van der Waals surface area (Å²) in [7, 11) is 1.59. The number of hydrogen-bond donors (Lipinski definition) is 1. The summed E-state index contributed by atoms with van der Waals surface area (Å²) in [6, 6.07) is 8.02. The average Bonchev–Trinajstić information content (AvgIpc) is 3.57. The number of amides is 2. The molecule has 0 saturated carbocycles. The van der Waals surface area contributed by atoms with E-state index in [1.54, 1.807) is 13.1 Å². The number of nitrogens with zero attached hydrogens (tertiary/aromatic N) is 6. The summed E-state index contributed by atoms with van der Waals surface area (Å²) in [5.41, 5.74) is 0.272. The number of aromatic nitrogens is 4. The van der Waals surface area contributed by atoms with Crippen LogP contribution >= 0.6 is 23.1 Å². The van der Waals surface area contributed by atoms with E-state index in [1.165, 1.54) is 40.3 Å². The minimum absolute atomic E-state index is 0.0705. The number of benzene rings is 1. The molecule has 3 atom stereocenters. The fourth-order valence-electron chi connectivity index (χ4n) is 3.96. The molecule has 0 radical (unpaired) electrons. The van der Waals surface area contributed by atoms with Crippen LogP contribution in [0.2, 0.25) is 0 Å². The van der Waals surface area contributed by atoms with Gasteiger partial charge in [0, 0.05) is 24.1 Å². The molecule has 0 aliphatic carbocycles. The second-order valence-electron chi connectivity index (χ2n) is 8.38. The van der Waals surface area contributed by atoms with E-state index >= 15 is 0 Å². The molecular weight excluding hydrogens is 570 g/mol. The summed E-state index contributed by atoms with van der Waals surface area (Å²) in [5, 5.41) is 25.9. The van der Waals surface area contributed by atoms with Crippen molar-refractivity contribution in [2.45, 2.75) is 29.6 Å². The highest BCUT2D eigenvalue weighted by Crippen LogP contribution is 2.42. The molecule has 2 aromatic heterocycles. The highest BCUT2D eigenvalue weighted by Gasteiger charge is 2.61. The molecule has 2 amide bonds. The largest absolute Gasteiger partial charge is 0.614 e. The lowest BCUT2D eigenvalue weighted by atomic mass is 10.0. The molecule has 39 heavy (non-hydrogen) atoms. The maximum Gasteiger partial charge on any atom is 0.356 e. The molecule has 4 heterocycles. The first-order valence-corrected chi connectivity index (χ1v) is 14.4. The molecule has 1 N–H and O–H groups in total. The van der Waals surface area contributed by atoms with Crippen LogP contribution in [0, 0.1) is 10.1 Å². The molecule has 202 valence electrons. The first-order valence-electron chi connectivity index (χ1n) is 11.3. The van der Waals surface area contributed by atoms with E-state index in [0.29, 0.717) is 10.7 Å². The molecule has 2 aliphatic heterocycles. The van der Waals surface area contributed by atoms with Crippen LogP contribution in [0.1, 0.15) is 10.4 Å². The number of hydrogen-bond acceptors (Lipinski definition) is 12. The van der Waals surface area contributed by atoms with Gasteiger partial charge in [0.05, 0.1) is 16.2 Å². The van der Waals surface area contributed by atoms with Crippen LogP contribution in [0.15, 0.2) is 57.5 Å². The van der Waals surface area contributed by atoms with Gasteiger partial charge in [0.25, 0.3) is 11.6 Å². The van der Waals surface area contributed by atoms with E-state index in [2.05, 4.69) is 20.8 Å². The van der Waals surface area contributed by atoms with Crippen LogP contribution in [0.25, 0.3) is 0 Å². The van der Waals surface area contributed by atoms with Gasteiger partial charge in [0.1, 0.15) is 18.1 Å². The molecule has 2 unspecified atom stereocenters. The molecule has 0 bridgehead atoms. The molecule has 1 aromatic carbocycles. The third-order valence-electron chi connectivity index (χ3n) is 5.83. The van der Waals surface area contributed by atoms with E-state index in [1.807, 2.05) is 11.4 Å². The van der Waals surface area contributed by atoms with Gasteiger partial charge < -0.3 is 14.6 Å². The van der Waals surface area contributed by atoms with Gasteiger partial charge in [0.2, 0.25) is 16.4 Å². The zero-order valence-electron chi connectivity index (χ0n) is 20.1. The number of esters is 1. The predicted molar refractivity (Wildman–Crippen MR) is 138 cm³/mol. The maximum absolute atomic E-state index is 13.3.